The number of aliphatic carboxylic acids is 1. The molecule has 57 heavy (non-hydrogen) atoms. The molecular formula is C28H60O24P5-9. The van der Waals surface area contributed by atoms with Crippen LogP contribution in [-0.2, 0) is 60.2 Å². The summed E-state index contributed by atoms with van der Waals surface area (Å²) in [4.78, 5) is 89.1. The molecule has 350 valence electrons. The molecule has 1 aliphatic heterocycles. The predicted molar refractivity (Wildman–Crippen MR) is 186 cm³/mol. The number of phosphoric ester groups is 4. The first-order valence-electron chi connectivity index (χ1n) is 16.4. The van der Waals surface area contributed by atoms with Gasteiger partial charge in [-0.15, -0.1) is 0 Å². The lowest BCUT2D eigenvalue weighted by atomic mass is 10.2. The smallest absolute Gasteiger partial charge is 0.268 e. The Morgan fingerprint density at radius 1 is 0.684 bits per heavy atom. The SMILES string of the molecule is C.C.CC(C)OP(=O)([O-])OCC1OC(O)CC1[P+](CCCO[O-])(CCCO[O-])CCC(=O)[O-].CC(C)OP(=O)([O-])[O-].CC(C)OP(=O)([O-])[O-].CC(C)OP(=O)([O-])[O-]. The third kappa shape index (κ3) is 42.6. The predicted octanol–water partition coefficient (Wildman–Crippen LogP) is -3.11. The Kier molecular flexibility index (Phi) is 38.1. The summed E-state index contributed by atoms with van der Waals surface area (Å²) >= 11 is 0. The highest BCUT2D eigenvalue weighted by Crippen LogP contribution is 2.68. The van der Waals surface area contributed by atoms with Gasteiger partial charge in [-0.25, -0.2) is 0 Å². The fourth-order valence-electron chi connectivity index (χ4n) is 4.68. The Morgan fingerprint density at radius 2 is 1.04 bits per heavy atom. The van der Waals surface area contributed by atoms with E-state index >= 15 is 0 Å². The fraction of sp³-hybridized carbons (Fsp3) is 0.964. The van der Waals surface area contributed by atoms with Crippen LogP contribution in [-0.4, -0.2) is 91.9 Å². The average Bonchev–Trinajstić information content (AvgIpc) is 3.32. The minimum Gasteiger partial charge on any atom is -0.790 e. The molecule has 24 nitrogen and oxygen atoms in total. The standard InChI is InChI=1S/C17H34O12P2.3C3H9O4P.2CH4/c1-13(2)29-31(23,24)27-12-14-15(11-17(20)28-14)30(8-3-6-25-21,9-4-7-26-22)10-5-16(18)19;3*1-3(2)7-8(4,5)6;;/h13-15,17,20H,3-12H2,1-2H3,(H3-,18,19,21,22,23,24);3*3H,1-2H3,(H2,4,5,6);2*1H4/p-9. The monoisotopic (exact) mass is 935 g/mol. The highest BCUT2D eigenvalue weighted by atomic mass is 31.2. The fourth-order valence-corrected chi connectivity index (χ4v) is 12.4. The minimum absolute atomic E-state index is 0. The van der Waals surface area contributed by atoms with Crippen LogP contribution in [0.25, 0.3) is 0 Å². The molecule has 4 unspecified atom stereocenters. The van der Waals surface area contributed by atoms with Gasteiger partial charge in [-0.2, -0.15) is 0 Å². The van der Waals surface area contributed by atoms with Crippen LogP contribution in [0.1, 0.15) is 95.9 Å². The molecule has 1 rings (SSSR count). The third-order valence-corrected chi connectivity index (χ3v) is 14.8. The Hall–Kier alpha value is 0.100. The Balaban J connectivity index is -0.000000281. The molecular weight excluding hydrogens is 875 g/mol. The maximum atomic E-state index is 12.0. The van der Waals surface area contributed by atoms with Gasteiger partial charge in [0.15, 0.2) is 6.29 Å². The van der Waals surface area contributed by atoms with E-state index in [1.165, 1.54) is 55.4 Å². The van der Waals surface area contributed by atoms with Gasteiger partial charge < -0.3 is 111 Å². The van der Waals surface area contributed by atoms with Gasteiger partial charge in [0.1, 0.15) is 11.8 Å². The molecule has 0 aromatic rings. The molecule has 0 amide bonds. The number of rotatable bonds is 23. The van der Waals surface area contributed by atoms with Crippen molar-refractivity contribution in [2.24, 2.45) is 0 Å². The van der Waals surface area contributed by atoms with Gasteiger partial charge >= 0.3 is 0 Å². The van der Waals surface area contributed by atoms with Crippen LogP contribution < -0.4 is 49.9 Å². The van der Waals surface area contributed by atoms with Gasteiger partial charge in [0.25, 0.3) is 7.82 Å². The first kappa shape index (κ1) is 66.2. The van der Waals surface area contributed by atoms with Crippen molar-refractivity contribution in [3.05, 3.63) is 0 Å². The topological polar surface area (TPSA) is 410 Å². The molecule has 0 bridgehead atoms. The normalized spacial score (nSPS) is 18.3. The summed E-state index contributed by atoms with van der Waals surface area (Å²) in [6.45, 7) is 11.3. The lowest BCUT2D eigenvalue weighted by Crippen LogP contribution is -2.35. The highest BCUT2D eigenvalue weighted by Gasteiger charge is 2.53. The van der Waals surface area contributed by atoms with Crippen molar-refractivity contribution in [1.29, 1.82) is 0 Å². The lowest BCUT2D eigenvalue weighted by molar-refractivity contribution is -0.689. The summed E-state index contributed by atoms with van der Waals surface area (Å²) in [5.41, 5.74) is -0.417. The third-order valence-electron chi connectivity index (χ3n) is 6.09. The Morgan fingerprint density at radius 3 is 1.30 bits per heavy atom. The molecule has 0 aromatic heterocycles. The number of carboxylic acids is 1. The summed E-state index contributed by atoms with van der Waals surface area (Å²) in [5.74, 6) is -1.26. The second kappa shape index (κ2) is 32.8. The zero-order valence-electron chi connectivity index (χ0n) is 31.7. The van der Waals surface area contributed by atoms with E-state index in [9.17, 15) is 78.0 Å². The van der Waals surface area contributed by atoms with E-state index in [1.807, 2.05) is 0 Å². The second-order valence-corrected chi connectivity index (χ2v) is 21.6. The van der Waals surface area contributed by atoms with Crippen LogP contribution in [0.4, 0.5) is 0 Å². The van der Waals surface area contributed by atoms with Crippen LogP contribution in [0.5, 0.6) is 0 Å². The van der Waals surface area contributed by atoms with Crippen molar-refractivity contribution < 1.29 is 115 Å². The second-order valence-electron chi connectivity index (χ2n) is 12.5. The van der Waals surface area contributed by atoms with E-state index in [1.54, 1.807) is 0 Å². The van der Waals surface area contributed by atoms with Crippen LogP contribution in [0.2, 0.25) is 0 Å². The van der Waals surface area contributed by atoms with Gasteiger partial charge in [-0.05, 0) is 55.4 Å². The highest BCUT2D eigenvalue weighted by molar-refractivity contribution is 7.76. The minimum atomic E-state index is -4.72. The molecule has 0 aromatic carbocycles. The van der Waals surface area contributed by atoms with Gasteiger partial charge in [-0.3, -0.25) is 4.57 Å². The molecule has 29 heteroatoms. The zero-order valence-corrected chi connectivity index (χ0v) is 36.2. The van der Waals surface area contributed by atoms with Crippen molar-refractivity contribution in [3.63, 3.8) is 0 Å². The number of ether oxygens (including phenoxy) is 1. The van der Waals surface area contributed by atoms with E-state index in [4.69, 9.17) is 13.8 Å². The summed E-state index contributed by atoms with van der Waals surface area (Å²) in [6, 6.07) is 0. The van der Waals surface area contributed by atoms with Gasteiger partial charge in [0.05, 0.1) is 73.0 Å². The summed E-state index contributed by atoms with van der Waals surface area (Å²) in [6.07, 6.45) is -2.69. The molecule has 4 atom stereocenters. The number of hydrogen-bond acceptors (Lipinski definition) is 24. The van der Waals surface area contributed by atoms with Crippen LogP contribution in [0.15, 0.2) is 0 Å². The van der Waals surface area contributed by atoms with Gasteiger partial charge in [0.2, 0.25) is 0 Å². The number of carbonyl (C=O) groups is 1. The number of carbonyl (C=O) groups excluding carboxylic acids is 1. The molecule has 0 radical (unpaired) electrons. The lowest BCUT2D eigenvalue weighted by Gasteiger charge is -2.36. The van der Waals surface area contributed by atoms with Gasteiger partial charge in [-0.1, -0.05) is 14.9 Å². The maximum absolute atomic E-state index is 12.0. The first-order chi connectivity index (χ1) is 24.8. The van der Waals surface area contributed by atoms with E-state index in [-0.39, 0.29) is 47.1 Å². The number of hydrogen-bond donors (Lipinski definition) is 1. The molecule has 1 N–H and O–H groups in total. The van der Waals surface area contributed by atoms with Crippen LogP contribution in [0.3, 0.4) is 0 Å². The van der Waals surface area contributed by atoms with Crippen LogP contribution in [0, 0.1) is 0 Å². The van der Waals surface area contributed by atoms with Crippen molar-refractivity contribution in [3.8, 4) is 0 Å². The van der Waals surface area contributed by atoms with E-state index in [2.05, 4.69) is 23.3 Å². The molecule has 1 fully saturated rings. The molecule has 0 spiro atoms. The van der Waals surface area contributed by atoms with E-state index in [0.29, 0.717) is 25.2 Å². The van der Waals surface area contributed by atoms with Crippen molar-refractivity contribution in [2.75, 3.05) is 38.3 Å². The summed E-state index contributed by atoms with van der Waals surface area (Å²) < 4.78 is 67.9. The number of aliphatic hydroxyl groups excluding tert-OH is 1. The number of aliphatic hydroxyl groups is 1. The van der Waals surface area contributed by atoms with Crippen molar-refractivity contribution >= 4 is 44.5 Å². The zero-order chi connectivity index (χ0) is 43.8. The molecule has 1 saturated heterocycles. The largest absolute Gasteiger partial charge is 0.790 e. The Labute approximate surface area is 336 Å². The van der Waals surface area contributed by atoms with Crippen molar-refractivity contribution in [2.45, 2.75) is 138 Å². The summed E-state index contributed by atoms with van der Waals surface area (Å²) in [7, 11) is -21.1. The summed E-state index contributed by atoms with van der Waals surface area (Å²) in [5, 5.41) is 42.2. The van der Waals surface area contributed by atoms with Crippen molar-refractivity contribution in [1.82, 2.24) is 0 Å². The van der Waals surface area contributed by atoms with Crippen LogP contribution >= 0.6 is 38.6 Å². The first-order valence-corrected chi connectivity index (χ1v) is 24.7. The molecule has 0 saturated carbocycles. The maximum Gasteiger partial charge on any atom is 0.268 e. The Bertz CT molecular complexity index is 1130. The molecule has 1 aliphatic rings. The van der Waals surface area contributed by atoms with Gasteiger partial charge in [0, 0.05) is 52.1 Å². The van der Waals surface area contributed by atoms with E-state index < -0.39 is 93.6 Å². The molecule has 0 aliphatic carbocycles. The quantitative estimate of drug-likeness (QED) is 0.0458. The number of carboxylic acid groups (broad SMARTS) is 1. The number of phosphoric acid groups is 4. The average molecular weight is 936 g/mol. The molecule has 1 heterocycles. The van der Waals surface area contributed by atoms with E-state index in [0.717, 1.165) is 0 Å².